The minimum atomic E-state index is 0.513. The summed E-state index contributed by atoms with van der Waals surface area (Å²) in [5.41, 5.74) is 4.13. The Labute approximate surface area is 151 Å². The van der Waals surface area contributed by atoms with Crippen LogP contribution in [-0.2, 0) is 6.54 Å². The molecule has 0 bridgehead atoms. The number of imidazole rings is 2. The molecule has 1 fully saturated rings. The summed E-state index contributed by atoms with van der Waals surface area (Å²) >= 11 is 0. The smallest absolute Gasteiger partial charge is 0.146 e. The quantitative estimate of drug-likeness (QED) is 0.553. The van der Waals surface area contributed by atoms with E-state index in [1.807, 2.05) is 29.2 Å². The van der Waals surface area contributed by atoms with Crippen LogP contribution in [0.25, 0.3) is 22.4 Å². The van der Waals surface area contributed by atoms with Gasteiger partial charge >= 0.3 is 0 Å². The fourth-order valence-corrected chi connectivity index (χ4v) is 3.52. The lowest BCUT2D eigenvalue weighted by molar-refractivity contribution is 0.409. The summed E-state index contributed by atoms with van der Waals surface area (Å²) in [5.74, 6) is 1.76. The molecule has 1 aromatic carbocycles. The molecule has 1 saturated carbocycles. The molecular formula is C20H19N5O. The summed E-state index contributed by atoms with van der Waals surface area (Å²) in [5, 5.41) is 0. The predicted molar refractivity (Wildman–Crippen MR) is 99.1 cm³/mol. The van der Waals surface area contributed by atoms with Gasteiger partial charge in [-0.15, -0.1) is 0 Å². The number of para-hydroxylation sites is 2. The Balaban J connectivity index is 1.69. The van der Waals surface area contributed by atoms with Crippen molar-refractivity contribution in [3.8, 4) is 17.1 Å². The molecule has 3 heterocycles. The molecule has 0 unspecified atom stereocenters. The van der Waals surface area contributed by atoms with Crippen molar-refractivity contribution in [3.63, 3.8) is 0 Å². The number of hydrogen-bond acceptors (Lipinski definition) is 4. The molecule has 130 valence electrons. The summed E-state index contributed by atoms with van der Waals surface area (Å²) in [7, 11) is 1.71. The highest BCUT2D eigenvalue weighted by molar-refractivity contribution is 5.82. The van der Waals surface area contributed by atoms with Gasteiger partial charge in [0, 0.05) is 36.4 Å². The van der Waals surface area contributed by atoms with E-state index in [1.54, 1.807) is 19.6 Å². The SMILES string of the molecule is COc1c(Cn2ccnc2)cncc1-c1nc2ccccc2n1C1CC1. The zero-order valence-electron chi connectivity index (χ0n) is 14.5. The maximum atomic E-state index is 5.80. The van der Waals surface area contributed by atoms with Crippen molar-refractivity contribution in [2.75, 3.05) is 7.11 Å². The van der Waals surface area contributed by atoms with Gasteiger partial charge in [-0.2, -0.15) is 0 Å². The van der Waals surface area contributed by atoms with E-state index in [-0.39, 0.29) is 0 Å². The van der Waals surface area contributed by atoms with Gasteiger partial charge in [0.25, 0.3) is 0 Å². The van der Waals surface area contributed by atoms with Crippen molar-refractivity contribution < 1.29 is 4.74 Å². The van der Waals surface area contributed by atoms with Gasteiger partial charge in [-0.05, 0) is 25.0 Å². The lowest BCUT2D eigenvalue weighted by atomic mass is 10.1. The average Bonchev–Trinajstić information content (AvgIpc) is 3.23. The number of hydrogen-bond donors (Lipinski definition) is 0. The number of rotatable bonds is 5. The molecule has 1 aliphatic rings. The van der Waals surface area contributed by atoms with Crippen LogP contribution < -0.4 is 4.74 Å². The molecule has 0 saturated heterocycles. The number of fused-ring (bicyclic) bond motifs is 1. The Hall–Kier alpha value is -3.15. The summed E-state index contributed by atoms with van der Waals surface area (Å²) in [4.78, 5) is 13.5. The Morgan fingerprint density at radius 1 is 1.15 bits per heavy atom. The van der Waals surface area contributed by atoms with Crippen LogP contribution in [0.1, 0.15) is 24.4 Å². The lowest BCUT2D eigenvalue weighted by Gasteiger charge is -2.14. The molecule has 6 heteroatoms. The van der Waals surface area contributed by atoms with E-state index in [0.717, 1.165) is 28.2 Å². The molecule has 0 atom stereocenters. The monoisotopic (exact) mass is 345 g/mol. The molecule has 0 radical (unpaired) electrons. The molecule has 0 spiro atoms. The maximum absolute atomic E-state index is 5.80. The second kappa shape index (κ2) is 5.98. The number of nitrogens with zero attached hydrogens (tertiary/aromatic N) is 5. The topological polar surface area (TPSA) is 57.8 Å². The van der Waals surface area contributed by atoms with E-state index in [4.69, 9.17) is 9.72 Å². The molecular weight excluding hydrogens is 326 g/mol. The zero-order valence-corrected chi connectivity index (χ0v) is 14.5. The number of ether oxygens (including phenoxy) is 1. The summed E-state index contributed by atoms with van der Waals surface area (Å²) in [6, 6.07) is 8.81. The number of pyridine rings is 1. The fourth-order valence-electron chi connectivity index (χ4n) is 3.52. The van der Waals surface area contributed by atoms with Crippen LogP contribution in [0.5, 0.6) is 5.75 Å². The first-order valence-corrected chi connectivity index (χ1v) is 8.79. The maximum Gasteiger partial charge on any atom is 0.146 e. The van der Waals surface area contributed by atoms with Crippen LogP contribution in [0.4, 0.5) is 0 Å². The molecule has 4 aromatic rings. The van der Waals surface area contributed by atoms with Gasteiger partial charge in [0.15, 0.2) is 0 Å². The minimum absolute atomic E-state index is 0.513. The molecule has 1 aliphatic carbocycles. The Morgan fingerprint density at radius 2 is 2.04 bits per heavy atom. The normalized spacial score (nSPS) is 14.0. The van der Waals surface area contributed by atoms with E-state index < -0.39 is 0 Å². The van der Waals surface area contributed by atoms with Crippen molar-refractivity contribution in [2.45, 2.75) is 25.4 Å². The molecule has 26 heavy (non-hydrogen) atoms. The van der Waals surface area contributed by atoms with E-state index >= 15 is 0 Å². The van der Waals surface area contributed by atoms with Crippen LogP contribution in [-0.4, -0.2) is 31.2 Å². The predicted octanol–water partition coefficient (Wildman–Crippen LogP) is 3.69. The van der Waals surface area contributed by atoms with E-state index in [9.17, 15) is 0 Å². The van der Waals surface area contributed by atoms with Crippen LogP contribution >= 0.6 is 0 Å². The van der Waals surface area contributed by atoms with Crippen molar-refractivity contribution in [3.05, 3.63) is 60.9 Å². The van der Waals surface area contributed by atoms with Crippen molar-refractivity contribution in [1.82, 2.24) is 24.1 Å². The molecule has 5 rings (SSSR count). The van der Waals surface area contributed by atoms with Gasteiger partial charge in [0.1, 0.15) is 11.6 Å². The van der Waals surface area contributed by atoms with Crippen molar-refractivity contribution in [2.24, 2.45) is 0 Å². The average molecular weight is 345 g/mol. The molecule has 3 aromatic heterocycles. The number of aromatic nitrogens is 5. The highest BCUT2D eigenvalue weighted by Gasteiger charge is 2.30. The number of benzene rings is 1. The van der Waals surface area contributed by atoms with E-state index in [0.29, 0.717) is 12.6 Å². The summed E-state index contributed by atoms with van der Waals surface area (Å²) < 4.78 is 10.2. The zero-order chi connectivity index (χ0) is 17.5. The van der Waals surface area contributed by atoms with Gasteiger partial charge in [0.2, 0.25) is 0 Å². The highest BCUT2D eigenvalue weighted by atomic mass is 16.5. The summed E-state index contributed by atoms with van der Waals surface area (Å²) in [6.07, 6.45) is 11.6. The standard InChI is InChI=1S/C20H19N5O/c1-26-19-14(12-24-9-8-21-13-24)10-22-11-16(19)20-23-17-4-2-3-5-18(17)25(20)15-6-7-15/h2-5,8-11,13,15H,6-7,12H2,1H3. The minimum Gasteiger partial charge on any atom is -0.496 e. The van der Waals surface area contributed by atoms with Gasteiger partial charge in [-0.3, -0.25) is 4.98 Å². The second-order valence-corrected chi connectivity index (χ2v) is 6.64. The summed E-state index contributed by atoms with van der Waals surface area (Å²) in [6.45, 7) is 0.660. The van der Waals surface area contributed by atoms with Crippen molar-refractivity contribution in [1.29, 1.82) is 0 Å². The van der Waals surface area contributed by atoms with Crippen LogP contribution in [0.15, 0.2) is 55.4 Å². The first-order chi connectivity index (χ1) is 12.8. The first-order valence-electron chi connectivity index (χ1n) is 8.79. The van der Waals surface area contributed by atoms with E-state index in [2.05, 4.69) is 32.7 Å². The Kier molecular flexibility index (Phi) is 3.48. The van der Waals surface area contributed by atoms with Crippen molar-refractivity contribution >= 4 is 11.0 Å². The van der Waals surface area contributed by atoms with E-state index in [1.165, 1.54) is 18.4 Å². The van der Waals surface area contributed by atoms with Gasteiger partial charge < -0.3 is 13.9 Å². The third-order valence-corrected chi connectivity index (χ3v) is 4.84. The Bertz CT molecular complexity index is 1060. The highest BCUT2D eigenvalue weighted by Crippen LogP contribution is 2.43. The molecule has 0 N–H and O–H groups in total. The van der Waals surface area contributed by atoms with Crippen LogP contribution in [0.2, 0.25) is 0 Å². The van der Waals surface area contributed by atoms with Crippen LogP contribution in [0.3, 0.4) is 0 Å². The first kappa shape index (κ1) is 15.1. The third-order valence-electron chi connectivity index (χ3n) is 4.84. The molecule has 0 aliphatic heterocycles. The largest absolute Gasteiger partial charge is 0.496 e. The van der Waals surface area contributed by atoms with Gasteiger partial charge in [-0.25, -0.2) is 9.97 Å². The van der Waals surface area contributed by atoms with Crippen LogP contribution in [0, 0.1) is 0 Å². The third kappa shape index (κ3) is 2.45. The second-order valence-electron chi connectivity index (χ2n) is 6.64. The fraction of sp³-hybridized carbons (Fsp3) is 0.250. The molecule has 0 amide bonds. The number of methoxy groups -OCH3 is 1. The molecule has 6 nitrogen and oxygen atoms in total. The van der Waals surface area contributed by atoms with Gasteiger partial charge in [-0.1, -0.05) is 12.1 Å². The lowest BCUT2D eigenvalue weighted by Crippen LogP contribution is -2.04. The van der Waals surface area contributed by atoms with Gasteiger partial charge in [0.05, 0.1) is 36.6 Å². The Morgan fingerprint density at radius 3 is 2.81 bits per heavy atom.